The molecule has 25 heavy (non-hydrogen) atoms. The van der Waals surface area contributed by atoms with Crippen LogP contribution >= 0.6 is 0 Å². The molecule has 1 saturated heterocycles. The number of piperidine rings is 1. The minimum absolute atomic E-state index is 0.00286. The third-order valence-electron chi connectivity index (χ3n) is 4.55. The predicted octanol–water partition coefficient (Wildman–Crippen LogP) is 2.20. The van der Waals surface area contributed by atoms with Gasteiger partial charge in [-0.05, 0) is 49.5 Å². The normalized spacial score (nSPS) is 14.9. The number of amides is 1. The van der Waals surface area contributed by atoms with Gasteiger partial charge in [0.25, 0.3) is 0 Å². The molecular weight excluding hydrogens is 314 g/mol. The Bertz CT molecular complexity index is 695. The average molecular weight is 337 g/mol. The van der Waals surface area contributed by atoms with Crippen LogP contribution in [0, 0.1) is 5.92 Å². The van der Waals surface area contributed by atoms with Crippen LogP contribution in [0.15, 0.2) is 48.7 Å². The van der Waals surface area contributed by atoms with E-state index in [0.29, 0.717) is 5.82 Å². The Morgan fingerprint density at radius 3 is 2.52 bits per heavy atom. The molecule has 0 saturated carbocycles. The van der Waals surface area contributed by atoms with Crippen molar-refractivity contribution in [1.29, 1.82) is 0 Å². The SMILES string of the molecule is O=CCN(C(=O)C1CCNCC1)c1ccc(Cc2ccccc2)cn1. The Labute approximate surface area is 148 Å². The van der Waals surface area contributed by atoms with E-state index in [1.807, 2.05) is 30.3 Å². The maximum atomic E-state index is 12.8. The van der Waals surface area contributed by atoms with Gasteiger partial charge < -0.3 is 10.1 Å². The number of hydrogen-bond acceptors (Lipinski definition) is 4. The lowest BCUT2D eigenvalue weighted by Crippen LogP contribution is -2.42. The van der Waals surface area contributed by atoms with Gasteiger partial charge in [0.2, 0.25) is 5.91 Å². The van der Waals surface area contributed by atoms with Crippen molar-refractivity contribution in [2.45, 2.75) is 19.3 Å². The quantitative estimate of drug-likeness (QED) is 0.821. The Hall–Kier alpha value is -2.53. The lowest BCUT2D eigenvalue weighted by atomic mass is 9.96. The first-order valence-corrected chi connectivity index (χ1v) is 8.72. The van der Waals surface area contributed by atoms with Crippen molar-refractivity contribution >= 4 is 18.0 Å². The molecule has 0 unspecified atom stereocenters. The Balaban J connectivity index is 1.72. The van der Waals surface area contributed by atoms with Gasteiger partial charge in [-0.25, -0.2) is 4.98 Å². The summed E-state index contributed by atoms with van der Waals surface area (Å²) in [5.41, 5.74) is 2.29. The first kappa shape index (κ1) is 17.3. The van der Waals surface area contributed by atoms with Crippen molar-refractivity contribution in [2.75, 3.05) is 24.5 Å². The molecule has 1 aliphatic rings. The maximum Gasteiger partial charge on any atom is 0.231 e. The standard InChI is InChI=1S/C20H23N3O2/c24-13-12-23(20(25)18-8-10-21-11-9-18)19-7-6-17(15-22-19)14-16-4-2-1-3-5-16/h1-7,13,15,18,21H,8-12,14H2. The molecule has 1 amide bonds. The van der Waals surface area contributed by atoms with Gasteiger partial charge in [0.05, 0.1) is 6.54 Å². The molecule has 0 bridgehead atoms. The number of carbonyl (C=O) groups excluding carboxylic acids is 2. The topological polar surface area (TPSA) is 62.3 Å². The number of nitrogens with zero attached hydrogens (tertiary/aromatic N) is 2. The summed E-state index contributed by atoms with van der Waals surface area (Å²) in [6.07, 6.45) is 4.96. The van der Waals surface area contributed by atoms with Crippen LogP contribution in [-0.2, 0) is 16.0 Å². The lowest BCUT2D eigenvalue weighted by molar-refractivity contribution is -0.124. The molecule has 0 aliphatic carbocycles. The number of aldehydes is 1. The number of rotatable bonds is 6. The van der Waals surface area contributed by atoms with Gasteiger partial charge in [0, 0.05) is 12.1 Å². The van der Waals surface area contributed by atoms with Gasteiger partial charge in [-0.15, -0.1) is 0 Å². The number of anilines is 1. The molecule has 0 spiro atoms. The van der Waals surface area contributed by atoms with Crippen LogP contribution in [-0.4, -0.2) is 36.8 Å². The summed E-state index contributed by atoms with van der Waals surface area (Å²) in [4.78, 5) is 29.8. The van der Waals surface area contributed by atoms with Crippen LogP contribution in [0.25, 0.3) is 0 Å². The number of benzene rings is 1. The Morgan fingerprint density at radius 1 is 1.12 bits per heavy atom. The molecular formula is C20H23N3O2. The van der Waals surface area contributed by atoms with Gasteiger partial charge in [0.1, 0.15) is 12.1 Å². The number of nitrogens with one attached hydrogen (secondary N) is 1. The zero-order chi connectivity index (χ0) is 17.5. The summed E-state index contributed by atoms with van der Waals surface area (Å²) in [5.74, 6) is 0.511. The van der Waals surface area contributed by atoms with E-state index in [1.165, 1.54) is 10.5 Å². The maximum absolute atomic E-state index is 12.8. The highest BCUT2D eigenvalue weighted by Crippen LogP contribution is 2.20. The van der Waals surface area contributed by atoms with E-state index < -0.39 is 0 Å². The van der Waals surface area contributed by atoms with E-state index in [1.54, 1.807) is 6.20 Å². The number of aromatic nitrogens is 1. The van der Waals surface area contributed by atoms with Crippen molar-refractivity contribution in [1.82, 2.24) is 10.3 Å². The minimum Gasteiger partial charge on any atom is -0.317 e. The number of hydrogen-bond donors (Lipinski definition) is 1. The van der Waals surface area contributed by atoms with Crippen LogP contribution < -0.4 is 10.2 Å². The van der Waals surface area contributed by atoms with Crippen molar-refractivity contribution in [3.8, 4) is 0 Å². The molecule has 0 radical (unpaired) electrons. The second-order valence-corrected chi connectivity index (χ2v) is 6.33. The van der Waals surface area contributed by atoms with E-state index >= 15 is 0 Å². The molecule has 1 N–H and O–H groups in total. The summed E-state index contributed by atoms with van der Waals surface area (Å²) >= 11 is 0. The summed E-state index contributed by atoms with van der Waals surface area (Å²) in [6.45, 7) is 1.73. The Morgan fingerprint density at radius 2 is 1.88 bits per heavy atom. The van der Waals surface area contributed by atoms with Gasteiger partial charge in [-0.2, -0.15) is 0 Å². The van der Waals surface area contributed by atoms with E-state index in [4.69, 9.17) is 0 Å². The second-order valence-electron chi connectivity index (χ2n) is 6.33. The fraction of sp³-hybridized carbons (Fsp3) is 0.350. The summed E-state index contributed by atoms with van der Waals surface area (Å²) in [7, 11) is 0. The number of carbonyl (C=O) groups is 2. The molecule has 0 atom stereocenters. The summed E-state index contributed by atoms with van der Waals surface area (Å²) in [5, 5.41) is 3.26. The minimum atomic E-state index is -0.0352. The largest absolute Gasteiger partial charge is 0.317 e. The Kier molecular flexibility index (Phi) is 5.90. The van der Waals surface area contributed by atoms with E-state index in [9.17, 15) is 9.59 Å². The van der Waals surface area contributed by atoms with Crippen LogP contribution in [0.3, 0.4) is 0 Å². The molecule has 3 rings (SSSR count). The van der Waals surface area contributed by atoms with E-state index in [-0.39, 0.29) is 18.4 Å². The van der Waals surface area contributed by atoms with E-state index in [0.717, 1.165) is 44.2 Å². The molecule has 5 heteroatoms. The van der Waals surface area contributed by atoms with Crippen LogP contribution in [0.1, 0.15) is 24.0 Å². The van der Waals surface area contributed by atoms with Crippen LogP contribution in [0.5, 0.6) is 0 Å². The van der Waals surface area contributed by atoms with Gasteiger partial charge in [0.15, 0.2) is 0 Å². The second kappa shape index (κ2) is 8.53. The van der Waals surface area contributed by atoms with Crippen LogP contribution in [0.2, 0.25) is 0 Å². The molecule has 2 heterocycles. The van der Waals surface area contributed by atoms with Crippen molar-refractivity contribution < 1.29 is 9.59 Å². The van der Waals surface area contributed by atoms with Gasteiger partial charge >= 0.3 is 0 Å². The predicted molar refractivity (Wildman–Crippen MR) is 97.5 cm³/mol. The third-order valence-corrected chi connectivity index (χ3v) is 4.55. The fourth-order valence-electron chi connectivity index (χ4n) is 3.17. The lowest BCUT2D eigenvalue weighted by Gasteiger charge is -2.27. The summed E-state index contributed by atoms with van der Waals surface area (Å²) < 4.78 is 0. The highest BCUT2D eigenvalue weighted by Gasteiger charge is 2.27. The molecule has 1 aliphatic heterocycles. The fourth-order valence-corrected chi connectivity index (χ4v) is 3.17. The molecule has 1 aromatic carbocycles. The number of pyridine rings is 1. The third kappa shape index (κ3) is 4.51. The van der Waals surface area contributed by atoms with E-state index in [2.05, 4.69) is 22.4 Å². The zero-order valence-corrected chi connectivity index (χ0v) is 14.2. The zero-order valence-electron chi connectivity index (χ0n) is 14.2. The monoisotopic (exact) mass is 337 g/mol. The first-order valence-electron chi connectivity index (χ1n) is 8.72. The van der Waals surface area contributed by atoms with Crippen LogP contribution in [0.4, 0.5) is 5.82 Å². The summed E-state index contributed by atoms with van der Waals surface area (Å²) in [6, 6.07) is 14.0. The molecule has 2 aromatic rings. The average Bonchev–Trinajstić information content (AvgIpc) is 2.68. The van der Waals surface area contributed by atoms with Crippen molar-refractivity contribution in [3.63, 3.8) is 0 Å². The first-order chi connectivity index (χ1) is 12.3. The van der Waals surface area contributed by atoms with Crippen molar-refractivity contribution in [2.24, 2.45) is 5.92 Å². The molecule has 130 valence electrons. The van der Waals surface area contributed by atoms with Gasteiger partial charge in [-0.1, -0.05) is 36.4 Å². The highest BCUT2D eigenvalue weighted by atomic mass is 16.2. The molecule has 5 nitrogen and oxygen atoms in total. The molecule has 1 fully saturated rings. The van der Waals surface area contributed by atoms with Gasteiger partial charge in [-0.3, -0.25) is 9.69 Å². The highest BCUT2D eigenvalue weighted by molar-refractivity contribution is 5.96. The molecule has 1 aromatic heterocycles. The smallest absolute Gasteiger partial charge is 0.231 e. The van der Waals surface area contributed by atoms with Crippen molar-refractivity contribution in [3.05, 3.63) is 59.8 Å².